The largest absolute Gasteiger partial charge is 0.476 e. The number of carbonyl (C=O) groups is 1. The van der Waals surface area contributed by atoms with Crippen LogP contribution in [0.2, 0.25) is 0 Å². The van der Waals surface area contributed by atoms with E-state index in [2.05, 4.69) is 0 Å². The monoisotopic (exact) mass is 575 g/mol. The zero-order chi connectivity index (χ0) is 28.9. The lowest BCUT2D eigenvalue weighted by atomic mass is 9.83. The van der Waals surface area contributed by atoms with Crippen molar-refractivity contribution in [3.8, 4) is 17.1 Å². The average molecular weight is 576 g/mol. The van der Waals surface area contributed by atoms with Gasteiger partial charge in [0.15, 0.2) is 5.65 Å². The molecule has 0 N–H and O–H groups in total. The minimum absolute atomic E-state index is 0.0345. The summed E-state index contributed by atoms with van der Waals surface area (Å²) in [7, 11) is 1.39. The summed E-state index contributed by atoms with van der Waals surface area (Å²) >= 11 is 1.54. The molecule has 0 fully saturated rings. The van der Waals surface area contributed by atoms with Gasteiger partial charge in [-0.1, -0.05) is 90.6 Å². The molecule has 1 unspecified atom stereocenters. The van der Waals surface area contributed by atoms with Crippen molar-refractivity contribution in [3.05, 3.63) is 133 Å². The van der Waals surface area contributed by atoms with Crippen molar-refractivity contribution in [3.63, 3.8) is 0 Å². The van der Waals surface area contributed by atoms with Crippen molar-refractivity contribution in [2.45, 2.75) is 28.7 Å². The molecule has 0 aliphatic heterocycles. The summed E-state index contributed by atoms with van der Waals surface area (Å²) < 4.78 is 19.4. The van der Waals surface area contributed by atoms with Gasteiger partial charge < -0.3 is 13.9 Å². The normalized spacial score (nSPS) is 12.6. The van der Waals surface area contributed by atoms with E-state index < -0.39 is 5.41 Å². The van der Waals surface area contributed by atoms with Gasteiger partial charge in [0.2, 0.25) is 5.88 Å². The number of methoxy groups -OCH3 is 1. The van der Waals surface area contributed by atoms with Gasteiger partial charge in [0.05, 0.1) is 25.5 Å². The second-order valence-corrected chi connectivity index (χ2v) is 11.1. The average Bonchev–Trinajstić information content (AvgIpc) is 3.68. The van der Waals surface area contributed by atoms with Gasteiger partial charge in [-0.2, -0.15) is 0 Å². The van der Waals surface area contributed by atoms with E-state index in [1.165, 1.54) is 18.9 Å². The minimum atomic E-state index is -1.06. The molecule has 7 nitrogen and oxygen atoms in total. The van der Waals surface area contributed by atoms with Gasteiger partial charge in [0.1, 0.15) is 28.5 Å². The molecule has 6 aromatic rings. The van der Waals surface area contributed by atoms with Gasteiger partial charge in [-0.05, 0) is 36.8 Å². The molecule has 210 valence electrons. The second kappa shape index (κ2) is 12.0. The number of ether oxygens (including phenoxy) is 2. The summed E-state index contributed by atoms with van der Waals surface area (Å²) in [5, 5.41) is 0.733. The van der Waals surface area contributed by atoms with Gasteiger partial charge in [-0.3, -0.25) is 9.20 Å². The van der Waals surface area contributed by atoms with E-state index in [0.717, 1.165) is 32.5 Å². The summed E-state index contributed by atoms with van der Waals surface area (Å²) in [6, 6.07) is 33.4. The van der Waals surface area contributed by atoms with E-state index in [1.54, 1.807) is 6.26 Å². The van der Waals surface area contributed by atoms with E-state index in [0.29, 0.717) is 23.6 Å². The number of hydrogen-bond acceptors (Lipinski definition) is 7. The molecule has 3 aromatic carbocycles. The van der Waals surface area contributed by atoms with Crippen molar-refractivity contribution >= 4 is 23.4 Å². The fourth-order valence-corrected chi connectivity index (χ4v) is 5.71. The SMILES string of the molecule is COC(=O)C(C)(COc1c(Cc2ccco2)nc2c(Sc3ccccc3)nc(-c3ccccc3)cn12)c1ccccc1. The van der Waals surface area contributed by atoms with Crippen molar-refractivity contribution < 1.29 is 18.7 Å². The van der Waals surface area contributed by atoms with Crippen LogP contribution in [0, 0.1) is 0 Å². The predicted molar refractivity (Wildman–Crippen MR) is 162 cm³/mol. The van der Waals surface area contributed by atoms with Crippen molar-refractivity contribution in [2.75, 3.05) is 13.7 Å². The Labute approximate surface area is 248 Å². The Morgan fingerprint density at radius 1 is 0.905 bits per heavy atom. The number of esters is 1. The molecule has 0 aliphatic carbocycles. The van der Waals surface area contributed by atoms with Gasteiger partial charge in [0, 0.05) is 16.7 Å². The summed E-state index contributed by atoms with van der Waals surface area (Å²) in [6.45, 7) is 1.87. The van der Waals surface area contributed by atoms with Crippen LogP contribution in [0.1, 0.15) is 23.9 Å². The van der Waals surface area contributed by atoms with Crippen LogP contribution in [-0.2, 0) is 21.4 Å². The van der Waals surface area contributed by atoms with Crippen LogP contribution in [0.15, 0.2) is 130 Å². The number of carbonyl (C=O) groups excluding carboxylic acids is 1. The van der Waals surface area contributed by atoms with Crippen LogP contribution in [-0.4, -0.2) is 34.1 Å². The summed E-state index contributed by atoms with van der Waals surface area (Å²) in [4.78, 5) is 24.3. The first-order chi connectivity index (χ1) is 20.5. The van der Waals surface area contributed by atoms with E-state index in [4.69, 9.17) is 23.9 Å². The van der Waals surface area contributed by atoms with Crippen LogP contribution in [0.5, 0.6) is 5.88 Å². The predicted octanol–water partition coefficient (Wildman–Crippen LogP) is 7.24. The lowest BCUT2D eigenvalue weighted by Gasteiger charge is -2.27. The molecule has 0 amide bonds. The molecule has 3 heterocycles. The molecule has 0 radical (unpaired) electrons. The van der Waals surface area contributed by atoms with E-state index >= 15 is 0 Å². The zero-order valence-corrected chi connectivity index (χ0v) is 24.1. The molecule has 6 rings (SSSR count). The first-order valence-corrected chi connectivity index (χ1v) is 14.4. The third-order valence-electron chi connectivity index (χ3n) is 7.09. The number of benzene rings is 3. The molecular weight excluding hydrogens is 546 g/mol. The van der Waals surface area contributed by atoms with Gasteiger partial charge >= 0.3 is 5.97 Å². The van der Waals surface area contributed by atoms with E-state index in [1.807, 2.05) is 121 Å². The maximum Gasteiger partial charge on any atom is 0.319 e. The van der Waals surface area contributed by atoms with Crippen LogP contribution in [0.4, 0.5) is 0 Å². The maximum absolute atomic E-state index is 13.1. The Hall–Kier alpha value is -4.82. The molecule has 3 aromatic heterocycles. The lowest BCUT2D eigenvalue weighted by Crippen LogP contribution is -2.39. The standard InChI is InChI=1S/C34H29N3O4S/c1-34(33(38)39-2,25-15-8-4-9-16-25)23-41-32-28(21-26-17-12-20-40-26)35-30-31(42-27-18-10-5-11-19-27)36-29(22-37(30)32)24-13-6-3-7-14-24/h3-20,22H,21,23H2,1-2H3. The Bertz CT molecular complexity index is 1790. The number of rotatable bonds is 10. The Balaban J connectivity index is 1.50. The van der Waals surface area contributed by atoms with Crippen molar-refractivity contribution in [1.82, 2.24) is 14.4 Å². The molecular formula is C34H29N3O4S. The summed E-state index contributed by atoms with van der Waals surface area (Å²) in [6.07, 6.45) is 3.98. The van der Waals surface area contributed by atoms with Crippen LogP contribution >= 0.6 is 11.8 Å². The lowest BCUT2D eigenvalue weighted by molar-refractivity contribution is -0.148. The highest BCUT2D eigenvalue weighted by atomic mass is 32.2. The molecule has 42 heavy (non-hydrogen) atoms. The highest BCUT2D eigenvalue weighted by molar-refractivity contribution is 7.99. The van der Waals surface area contributed by atoms with E-state index in [9.17, 15) is 4.79 Å². The highest BCUT2D eigenvalue weighted by Crippen LogP contribution is 2.36. The number of hydrogen-bond donors (Lipinski definition) is 0. The molecule has 8 heteroatoms. The number of fused-ring (bicyclic) bond motifs is 1. The Kier molecular flexibility index (Phi) is 7.79. The highest BCUT2D eigenvalue weighted by Gasteiger charge is 2.38. The summed E-state index contributed by atoms with van der Waals surface area (Å²) in [5.74, 6) is 0.875. The molecule has 0 saturated carbocycles. The fraction of sp³-hybridized carbons (Fsp3) is 0.147. The van der Waals surface area contributed by atoms with E-state index in [-0.39, 0.29) is 12.6 Å². The quantitative estimate of drug-likeness (QED) is 0.159. The van der Waals surface area contributed by atoms with Gasteiger partial charge in [-0.25, -0.2) is 9.97 Å². The number of furan rings is 1. The topological polar surface area (TPSA) is 78.9 Å². The Morgan fingerprint density at radius 2 is 1.60 bits per heavy atom. The smallest absolute Gasteiger partial charge is 0.319 e. The number of nitrogens with zero attached hydrogens (tertiary/aromatic N) is 3. The third kappa shape index (κ3) is 5.53. The van der Waals surface area contributed by atoms with Crippen LogP contribution in [0.25, 0.3) is 16.9 Å². The second-order valence-electron chi connectivity index (χ2n) is 10.0. The number of aromatic nitrogens is 3. The maximum atomic E-state index is 13.1. The van der Waals surface area contributed by atoms with Crippen LogP contribution in [0.3, 0.4) is 0 Å². The van der Waals surface area contributed by atoms with Gasteiger partial charge in [-0.15, -0.1) is 0 Å². The van der Waals surface area contributed by atoms with Crippen molar-refractivity contribution in [2.24, 2.45) is 0 Å². The molecule has 0 saturated heterocycles. The third-order valence-corrected chi connectivity index (χ3v) is 8.07. The first kappa shape index (κ1) is 27.4. The Morgan fingerprint density at radius 3 is 2.26 bits per heavy atom. The minimum Gasteiger partial charge on any atom is -0.476 e. The molecule has 1 atom stereocenters. The van der Waals surface area contributed by atoms with Crippen molar-refractivity contribution in [1.29, 1.82) is 0 Å². The molecule has 0 aliphatic rings. The summed E-state index contributed by atoms with van der Waals surface area (Å²) in [5.41, 5.74) is 2.80. The first-order valence-electron chi connectivity index (χ1n) is 13.5. The molecule has 0 bridgehead atoms. The zero-order valence-electron chi connectivity index (χ0n) is 23.3. The number of imidazole rings is 1. The molecule has 0 spiro atoms. The van der Waals surface area contributed by atoms with Crippen LogP contribution < -0.4 is 4.74 Å². The fourth-order valence-electron chi connectivity index (χ4n) is 4.81. The van der Waals surface area contributed by atoms with Gasteiger partial charge in [0.25, 0.3) is 0 Å².